The van der Waals surface area contributed by atoms with E-state index in [9.17, 15) is 0 Å². The minimum Gasteiger partial charge on any atom is -0.314 e. The molecule has 1 saturated heterocycles. The van der Waals surface area contributed by atoms with Gasteiger partial charge in [0.15, 0.2) is 0 Å². The second-order valence-electron chi connectivity index (χ2n) is 5.03. The molecule has 0 saturated carbocycles. The molecule has 2 nitrogen and oxygen atoms in total. The zero-order valence-electron chi connectivity index (χ0n) is 10.9. The van der Waals surface area contributed by atoms with E-state index in [2.05, 4.69) is 47.5 Å². The molecule has 1 aromatic rings. The fourth-order valence-corrected chi connectivity index (χ4v) is 2.50. The van der Waals surface area contributed by atoms with Crippen molar-refractivity contribution in [1.82, 2.24) is 10.2 Å². The number of hydrogen-bond acceptors (Lipinski definition) is 2. The first-order chi connectivity index (χ1) is 8.36. The van der Waals surface area contributed by atoms with Gasteiger partial charge >= 0.3 is 0 Å². The Morgan fingerprint density at radius 3 is 2.82 bits per heavy atom. The van der Waals surface area contributed by atoms with Crippen molar-refractivity contribution in [3.05, 3.63) is 35.9 Å². The standard InChI is InChI=1S/C15H24N2/c1-14-13-16-10-12-17(14)11-6-5-9-15-7-3-2-4-8-15/h2-4,7-8,14,16H,5-6,9-13H2,1H3. The van der Waals surface area contributed by atoms with Crippen LogP contribution in [0, 0.1) is 0 Å². The van der Waals surface area contributed by atoms with Gasteiger partial charge in [-0.15, -0.1) is 0 Å². The SMILES string of the molecule is CC1CNCCN1CCCCc1ccccc1. The summed E-state index contributed by atoms with van der Waals surface area (Å²) < 4.78 is 0. The predicted molar refractivity (Wildman–Crippen MR) is 73.3 cm³/mol. The van der Waals surface area contributed by atoms with Crippen molar-refractivity contribution < 1.29 is 0 Å². The van der Waals surface area contributed by atoms with Gasteiger partial charge in [0.25, 0.3) is 0 Å². The third-order valence-electron chi connectivity index (χ3n) is 3.64. The second kappa shape index (κ2) is 6.77. The van der Waals surface area contributed by atoms with Gasteiger partial charge in [0.1, 0.15) is 0 Å². The molecule has 1 aliphatic heterocycles. The highest BCUT2D eigenvalue weighted by atomic mass is 15.2. The van der Waals surface area contributed by atoms with Crippen LogP contribution in [0.5, 0.6) is 0 Å². The van der Waals surface area contributed by atoms with Crippen LogP contribution in [0.1, 0.15) is 25.3 Å². The van der Waals surface area contributed by atoms with Gasteiger partial charge in [-0.2, -0.15) is 0 Å². The number of rotatable bonds is 5. The molecule has 1 unspecified atom stereocenters. The average Bonchev–Trinajstić information content (AvgIpc) is 2.38. The molecule has 1 atom stereocenters. The van der Waals surface area contributed by atoms with E-state index in [1.165, 1.54) is 37.9 Å². The molecule has 1 fully saturated rings. The monoisotopic (exact) mass is 232 g/mol. The van der Waals surface area contributed by atoms with Crippen LogP contribution in [0.15, 0.2) is 30.3 Å². The lowest BCUT2D eigenvalue weighted by Crippen LogP contribution is -2.49. The van der Waals surface area contributed by atoms with Gasteiger partial charge < -0.3 is 5.32 Å². The van der Waals surface area contributed by atoms with E-state index < -0.39 is 0 Å². The second-order valence-corrected chi connectivity index (χ2v) is 5.03. The number of nitrogens with one attached hydrogen (secondary N) is 1. The van der Waals surface area contributed by atoms with Crippen molar-refractivity contribution in [3.8, 4) is 0 Å². The molecule has 0 aliphatic carbocycles. The van der Waals surface area contributed by atoms with Gasteiger partial charge in [0.05, 0.1) is 0 Å². The smallest absolute Gasteiger partial charge is 0.0192 e. The number of nitrogens with zero attached hydrogens (tertiary/aromatic N) is 1. The summed E-state index contributed by atoms with van der Waals surface area (Å²) in [5.41, 5.74) is 1.47. The normalized spacial score (nSPS) is 21.6. The maximum atomic E-state index is 3.44. The molecule has 1 heterocycles. The highest BCUT2D eigenvalue weighted by molar-refractivity contribution is 5.14. The van der Waals surface area contributed by atoms with Gasteiger partial charge in [0, 0.05) is 25.7 Å². The first-order valence-corrected chi connectivity index (χ1v) is 6.85. The number of unbranched alkanes of at least 4 members (excludes halogenated alkanes) is 1. The van der Waals surface area contributed by atoms with E-state index in [4.69, 9.17) is 0 Å². The van der Waals surface area contributed by atoms with Crippen LogP contribution in [0.4, 0.5) is 0 Å². The Bertz CT molecular complexity index is 310. The van der Waals surface area contributed by atoms with Crippen molar-refractivity contribution in [2.24, 2.45) is 0 Å². The molecule has 2 rings (SSSR count). The molecule has 94 valence electrons. The zero-order chi connectivity index (χ0) is 11.9. The molecule has 0 bridgehead atoms. The third-order valence-corrected chi connectivity index (χ3v) is 3.64. The molecule has 0 spiro atoms. The van der Waals surface area contributed by atoms with E-state index in [-0.39, 0.29) is 0 Å². The van der Waals surface area contributed by atoms with Crippen molar-refractivity contribution >= 4 is 0 Å². The van der Waals surface area contributed by atoms with E-state index in [0.717, 1.165) is 13.1 Å². The minimum absolute atomic E-state index is 0.709. The molecule has 0 amide bonds. The summed E-state index contributed by atoms with van der Waals surface area (Å²) in [7, 11) is 0. The molecule has 1 aliphatic rings. The highest BCUT2D eigenvalue weighted by Crippen LogP contribution is 2.08. The summed E-state index contributed by atoms with van der Waals surface area (Å²) in [4.78, 5) is 2.61. The van der Waals surface area contributed by atoms with Gasteiger partial charge in [-0.1, -0.05) is 30.3 Å². The van der Waals surface area contributed by atoms with Gasteiger partial charge in [-0.25, -0.2) is 0 Å². The maximum Gasteiger partial charge on any atom is 0.0192 e. The van der Waals surface area contributed by atoms with Crippen LogP contribution in [0.2, 0.25) is 0 Å². The third kappa shape index (κ3) is 4.14. The van der Waals surface area contributed by atoms with Crippen LogP contribution in [0.25, 0.3) is 0 Å². The topological polar surface area (TPSA) is 15.3 Å². The van der Waals surface area contributed by atoms with Gasteiger partial charge in [-0.05, 0) is 38.3 Å². The largest absolute Gasteiger partial charge is 0.314 e. The molecule has 0 radical (unpaired) electrons. The summed E-state index contributed by atoms with van der Waals surface area (Å²) in [6.45, 7) is 7.10. The Kier molecular flexibility index (Phi) is 5.02. The lowest BCUT2D eigenvalue weighted by Gasteiger charge is -2.33. The molecule has 2 heteroatoms. The Morgan fingerprint density at radius 1 is 1.24 bits per heavy atom. The molecular weight excluding hydrogens is 208 g/mol. The molecule has 1 N–H and O–H groups in total. The Hall–Kier alpha value is -0.860. The summed E-state index contributed by atoms with van der Waals surface area (Å²) in [5.74, 6) is 0. The number of hydrogen-bond donors (Lipinski definition) is 1. The first-order valence-electron chi connectivity index (χ1n) is 6.85. The van der Waals surface area contributed by atoms with Crippen molar-refractivity contribution in [1.29, 1.82) is 0 Å². The highest BCUT2D eigenvalue weighted by Gasteiger charge is 2.16. The van der Waals surface area contributed by atoms with E-state index in [0.29, 0.717) is 6.04 Å². The summed E-state index contributed by atoms with van der Waals surface area (Å²) in [6.07, 6.45) is 3.85. The summed E-state index contributed by atoms with van der Waals surface area (Å²) in [5, 5.41) is 3.44. The fourth-order valence-electron chi connectivity index (χ4n) is 2.50. The number of piperazine rings is 1. The van der Waals surface area contributed by atoms with Crippen LogP contribution in [-0.2, 0) is 6.42 Å². The van der Waals surface area contributed by atoms with Crippen molar-refractivity contribution in [2.75, 3.05) is 26.2 Å². The lowest BCUT2D eigenvalue weighted by atomic mass is 10.1. The number of aryl methyl sites for hydroxylation is 1. The van der Waals surface area contributed by atoms with E-state index in [1.807, 2.05) is 0 Å². The molecule has 0 aromatic heterocycles. The van der Waals surface area contributed by atoms with E-state index >= 15 is 0 Å². The van der Waals surface area contributed by atoms with E-state index in [1.54, 1.807) is 0 Å². The Labute approximate surface area is 105 Å². The van der Waals surface area contributed by atoms with Gasteiger partial charge in [-0.3, -0.25) is 4.90 Å². The molecule has 17 heavy (non-hydrogen) atoms. The lowest BCUT2D eigenvalue weighted by molar-refractivity contribution is 0.171. The first kappa shape index (κ1) is 12.6. The zero-order valence-corrected chi connectivity index (χ0v) is 10.9. The Morgan fingerprint density at radius 2 is 2.06 bits per heavy atom. The minimum atomic E-state index is 0.709. The van der Waals surface area contributed by atoms with Crippen LogP contribution < -0.4 is 5.32 Å². The fraction of sp³-hybridized carbons (Fsp3) is 0.600. The summed E-state index contributed by atoms with van der Waals surface area (Å²) in [6, 6.07) is 11.5. The Balaban J connectivity index is 1.63. The summed E-state index contributed by atoms with van der Waals surface area (Å²) >= 11 is 0. The van der Waals surface area contributed by atoms with Crippen molar-refractivity contribution in [2.45, 2.75) is 32.2 Å². The quantitative estimate of drug-likeness (QED) is 0.784. The average molecular weight is 232 g/mol. The van der Waals surface area contributed by atoms with Gasteiger partial charge in [0.2, 0.25) is 0 Å². The molecule has 1 aromatic carbocycles. The maximum absolute atomic E-state index is 3.44. The predicted octanol–water partition coefficient (Wildman–Crippen LogP) is 2.30. The van der Waals surface area contributed by atoms with Crippen LogP contribution >= 0.6 is 0 Å². The molecular formula is C15H24N2. The van der Waals surface area contributed by atoms with Crippen LogP contribution in [0.3, 0.4) is 0 Å². The number of benzene rings is 1. The van der Waals surface area contributed by atoms with Crippen molar-refractivity contribution in [3.63, 3.8) is 0 Å². The van der Waals surface area contributed by atoms with Crippen LogP contribution in [-0.4, -0.2) is 37.1 Å².